The number of hydrogen-bond acceptors (Lipinski definition) is 2. The molecule has 0 N–H and O–H groups in total. The van der Waals surface area contributed by atoms with E-state index in [1.54, 1.807) is 12.1 Å². The fourth-order valence-electron chi connectivity index (χ4n) is 2.99. The minimum Gasteiger partial charge on any atom is -0.293 e. The molecule has 0 aliphatic carbocycles. The monoisotopic (exact) mass is 299 g/mol. The first-order valence-electron chi connectivity index (χ1n) is 7.55. The summed E-state index contributed by atoms with van der Waals surface area (Å²) in [5.74, 6) is -0.326. The predicted octanol–water partition coefficient (Wildman–Crippen LogP) is 4.27. The predicted molar refractivity (Wildman–Crippen MR) is 87.4 cm³/mol. The molecule has 0 bridgehead atoms. The van der Waals surface area contributed by atoms with E-state index in [0.29, 0.717) is 12.0 Å². The second kappa shape index (κ2) is 6.84. The number of halogens is 1. The molecule has 0 aliphatic rings. The van der Waals surface area contributed by atoms with E-state index >= 15 is 0 Å². The molecule has 0 heterocycles. The molecule has 2 aromatic carbocycles. The maximum atomic E-state index is 13.2. The lowest BCUT2D eigenvalue weighted by molar-refractivity contribution is 0.0644. The number of likely N-dealkylation sites (N-methyl/N-ethyl adjacent to an activating group) is 1. The summed E-state index contributed by atoms with van der Waals surface area (Å²) in [6, 6.07) is 15.6. The van der Waals surface area contributed by atoms with Gasteiger partial charge in [-0.05, 0) is 50.3 Å². The number of ketones is 1. The topological polar surface area (TPSA) is 20.3 Å². The van der Waals surface area contributed by atoms with Crippen LogP contribution >= 0.6 is 0 Å². The van der Waals surface area contributed by atoms with Gasteiger partial charge in [0, 0.05) is 5.56 Å². The molecular formula is C19H22FNO. The highest BCUT2D eigenvalue weighted by Gasteiger charge is 2.41. The quantitative estimate of drug-likeness (QED) is 0.743. The summed E-state index contributed by atoms with van der Waals surface area (Å²) in [4.78, 5) is 15.2. The molecule has 0 saturated carbocycles. The molecule has 22 heavy (non-hydrogen) atoms. The van der Waals surface area contributed by atoms with Gasteiger partial charge in [0.25, 0.3) is 0 Å². The molecule has 0 saturated heterocycles. The summed E-state index contributed by atoms with van der Waals surface area (Å²) < 4.78 is 13.2. The molecule has 2 nitrogen and oxygen atoms in total. The minimum absolute atomic E-state index is 0.00514. The zero-order chi connectivity index (χ0) is 16.2. The Hall–Kier alpha value is -2.00. The first-order valence-corrected chi connectivity index (χ1v) is 7.55. The Kier molecular flexibility index (Phi) is 5.09. The molecule has 116 valence electrons. The minimum atomic E-state index is -0.728. The van der Waals surface area contributed by atoms with E-state index in [-0.39, 0.29) is 11.6 Å². The number of carbonyl (C=O) groups is 1. The highest BCUT2D eigenvalue weighted by atomic mass is 19.1. The van der Waals surface area contributed by atoms with E-state index in [1.165, 1.54) is 12.1 Å². The molecule has 1 atom stereocenters. The van der Waals surface area contributed by atoms with Gasteiger partial charge in [-0.1, -0.05) is 43.7 Å². The average Bonchev–Trinajstić information content (AvgIpc) is 2.53. The van der Waals surface area contributed by atoms with Crippen LogP contribution in [-0.4, -0.2) is 24.8 Å². The SMILES string of the molecule is CCCC(C(=O)c1ccc(F)cc1)(c1ccccc1)N(C)C. The average molecular weight is 299 g/mol. The smallest absolute Gasteiger partial charge is 0.187 e. The highest BCUT2D eigenvalue weighted by Crippen LogP contribution is 2.35. The number of hydrogen-bond donors (Lipinski definition) is 0. The third kappa shape index (κ3) is 2.95. The summed E-state index contributed by atoms with van der Waals surface area (Å²) >= 11 is 0. The van der Waals surface area contributed by atoms with Crippen molar-refractivity contribution >= 4 is 5.78 Å². The van der Waals surface area contributed by atoms with Gasteiger partial charge in [0.1, 0.15) is 11.4 Å². The van der Waals surface area contributed by atoms with Crippen molar-refractivity contribution in [1.29, 1.82) is 0 Å². The van der Waals surface area contributed by atoms with E-state index in [1.807, 2.05) is 49.3 Å². The second-order valence-corrected chi connectivity index (χ2v) is 5.71. The number of carbonyl (C=O) groups excluding carboxylic acids is 1. The van der Waals surface area contributed by atoms with E-state index in [0.717, 1.165) is 12.0 Å². The largest absolute Gasteiger partial charge is 0.293 e. The summed E-state index contributed by atoms with van der Waals surface area (Å²) in [5.41, 5.74) is 0.775. The van der Waals surface area contributed by atoms with Gasteiger partial charge in [0.2, 0.25) is 0 Å². The Balaban J connectivity index is 2.57. The molecule has 2 aromatic rings. The molecule has 3 heteroatoms. The summed E-state index contributed by atoms with van der Waals surface area (Å²) in [6.45, 7) is 2.07. The van der Waals surface area contributed by atoms with Crippen LogP contribution in [0.3, 0.4) is 0 Å². The Morgan fingerprint density at radius 1 is 1.05 bits per heavy atom. The molecular weight excluding hydrogens is 277 g/mol. The van der Waals surface area contributed by atoms with Crippen LogP contribution in [0.15, 0.2) is 54.6 Å². The fraction of sp³-hybridized carbons (Fsp3) is 0.316. The maximum Gasteiger partial charge on any atom is 0.187 e. The van der Waals surface area contributed by atoms with Crippen LogP contribution < -0.4 is 0 Å². The normalized spacial score (nSPS) is 13.9. The third-order valence-corrected chi connectivity index (χ3v) is 4.11. The van der Waals surface area contributed by atoms with E-state index in [4.69, 9.17) is 0 Å². The lowest BCUT2D eigenvalue weighted by Gasteiger charge is -2.39. The molecule has 0 spiro atoms. The molecule has 1 unspecified atom stereocenters. The van der Waals surface area contributed by atoms with Crippen molar-refractivity contribution in [3.05, 3.63) is 71.5 Å². The van der Waals surface area contributed by atoms with Crippen molar-refractivity contribution < 1.29 is 9.18 Å². The van der Waals surface area contributed by atoms with Crippen molar-refractivity contribution in [3.63, 3.8) is 0 Å². The molecule has 0 fully saturated rings. The first-order chi connectivity index (χ1) is 10.5. The zero-order valence-corrected chi connectivity index (χ0v) is 13.3. The zero-order valence-electron chi connectivity index (χ0n) is 13.3. The molecule has 0 aromatic heterocycles. The summed E-state index contributed by atoms with van der Waals surface area (Å²) in [6.07, 6.45) is 1.58. The van der Waals surface area contributed by atoms with Gasteiger partial charge < -0.3 is 0 Å². The summed E-state index contributed by atoms with van der Waals surface area (Å²) in [7, 11) is 3.84. The van der Waals surface area contributed by atoms with Gasteiger partial charge in [-0.15, -0.1) is 0 Å². The number of rotatable bonds is 6. The van der Waals surface area contributed by atoms with Crippen molar-refractivity contribution in [3.8, 4) is 0 Å². The van der Waals surface area contributed by atoms with Crippen molar-refractivity contribution in [2.45, 2.75) is 25.3 Å². The fourth-order valence-corrected chi connectivity index (χ4v) is 2.99. The lowest BCUT2D eigenvalue weighted by Crippen LogP contribution is -2.48. The number of benzene rings is 2. The third-order valence-electron chi connectivity index (χ3n) is 4.11. The van der Waals surface area contributed by atoms with Gasteiger partial charge in [-0.2, -0.15) is 0 Å². The van der Waals surface area contributed by atoms with Crippen LogP contribution in [0.2, 0.25) is 0 Å². The number of Topliss-reactive ketones (excluding diaryl/α,β-unsaturated/α-hetero) is 1. The van der Waals surface area contributed by atoms with E-state index in [2.05, 4.69) is 6.92 Å². The molecule has 2 rings (SSSR count). The van der Waals surface area contributed by atoms with Crippen LogP contribution in [0.5, 0.6) is 0 Å². The second-order valence-electron chi connectivity index (χ2n) is 5.71. The Morgan fingerprint density at radius 2 is 1.64 bits per heavy atom. The van der Waals surface area contributed by atoms with Crippen LogP contribution in [0.1, 0.15) is 35.7 Å². The van der Waals surface area contributed by atoms with Crippen molar-refractivity contribution in [2.24, 2.45) is 0 Å². The standard InChI is InChI=1S/C19H22FNO/c1-4-14-19(21(2)3,16-8-6-5-7-9-16)18(22)15-10-12-17(20)13-11-15/h5-13H,4,14H2,1-3H3. The van der Waals surface area contributed by atoms with Crippen molar-refractivity contribution in [2.75, 3.05) is 14.1 Å². The van der Waals surface area contributed by atoms with Gasteiger partial charge in [-0.25, -0.2) is 4.39 Å². The Labute approximate surface area is 131 Å². The van der Waals surface area contributed by atoms with Crippen LogP contribution in [0.25, 0.3) is 0 Å². The molecule has 0 amide bonds. The lowest BCUT2D eigenvalue weighted by atomic mass is 9.78. The van der Waals surface area contributed by atoms with Crippen LogP contribution in [0.4, 0.5) is 4.39 Å². The Bertz CT molecular complexity index is 622. The van der Waals surface area contributed by atoms with Crippen LogP contribution in [0, 0.1) is 5.82 Å². The molecule has 0 radical (unpaired) electrons. The van der Waals surface area contributed by atoms with Crippen LogP contribution in [-0.2, 0) is 5.54 Å². The van der Waals surface area contributed by atoms with Gasteiger partial charge in [0.15, 0.2) is 5.78 Å². The van der Waals surface area contributed by atoms with Gasteiger partial charge >= 0.3 is 0 Å². The van der Waals surface area contributed by atoms with E-state index in [9.17, 15) is 9.18 Å². The molecule has 0 aliphatic heterocycles. The summed E-state index contributed by atoms with van der Waals surface area (Å²) in [5, 5.41) is 0. The Morgan fingerprint density at radius 3 is 2.14 bits per heavy atom. The van der Waals surface area contributed by atoms with E-state index < -0.39 is 5.54 Å². The van der Waals surface area contributed by atoms with Gasteiger partial charge in [-0.3, -0.25) is 9.69 Å². The highest BCUT2D eigenvalue weighted by molar-refractivity contribution is 6.03. The van der Waals surface area contributed by atoms with Gasteiger partial charge in [0.05, 0.1) is 0 Å². The maximum absolute atomic E-state index is 13.2. The van der Waals surface area contributed by atoms with Crippen molar-refractivity contribution in [1.82, 2.24) is 4.90 Å². The number of nitrogens with zero attached hydrogens (tertiary/aromatic N) is 1. The first kappa shape index (κ1) is 16.4.